The summed E-state index contributed by atoms with van der Waals surface area (Å²) in [6, 6.07) is 14.2. The first-order chi connectivity index (χ1) is 17.2. The Bertz CT molecular complexity index is 1310. The van der Waals surface area contributed by atoms with Gasteiger partial charge in [0, 0.05) is 11.1 Å². The first-order valence-corrected chi connectivity index (χ1v) is 13.7. The molecule has 188 valence electrons. The fraction of sp³-hybridized carbons (Fsp3) is 0.192. The molecular formula is C26H20Br4O6. The van der Waals surface area contributed by atoms with E-state index in [0.717, 1.165) is 5.56 Å². The summed E-state index contributed by atoms with van der Waals surface area (Å²) in [4.78, 5) is 13.5. The van der Waals surface area contributed by atoms with Crippen LogP contribution in [0.4, 0.5) is 0 Å². The highest BCUT2D eigenvalue weighted by Crippen LogP contribution is 2.46. The van der Waals surface area contributed by atoms with Crippen molar-refractivity contribution < 1.29 is 28.8 Å². The maximum atomic E-state index is 13.5. The van der Waals surface area contributed by atoms with E-state index < -0.39 is 12.2 Å². The number of ketones is 1. The van der Waals surface area contributed by atoms with E-state index in [2.05, 4.69) is 63.7 Å². The van der Waals surface area contributed by atoms with E-state index in [9.17, 15) is 9.90 Å². The van der Waals surface area contributed by atoms with Gasteiger partial charge in [0.25, 0.3) is 0 Å². The Kier molecular flexibility index (Phi) is 8.51. The normalized spacial score (nSPS) is 15.6. The Morgan fingerprint density at radius 1 is 0.833 bits per heavy atom. The monoisotopic (exact) mass is 744 g/mol. The third kappa shape index (κ3) is 5.11. The molecule has 4 rings (SSSR count). The zero-order valence-corrected chi connectivity index (χ0v) is 25.6. The lowest BCUT2D eigenvalue weighted by molar-refractivity contribution is 0.00252. The molecule has 1 aliphatic rings. The van der Waals surface area contributed by atoms with Crippen LogP contribution in [0.2, 0.25) is 0 Å². The van der Waals surface area contributed by atoms with Crippen molar-refractivity contribution in [2.45, 2.75) is 12.2 Å². The number of ether oxygens (including phenoxy) is 4. The van der Waals surface area contributed by atoms with E-state index in [4.69, 9.17) is 18.9 Å². The molecule has 2 atom stereocenters. The fourth-order valence-corrected chi connectivity index (χ4v) is 6.98. The second-order valence-corrected chi connectivity index (χ2v) is 11.2. The van der Waals surface area contributed by atoms with Gasteiger partial charge in [0.1, 0.15) is 23.4 Å². The Labute approximate surface area is 242 Å². The molecule has 0 amide bonds. The number of hydrogen-bond acceptors (Lipinski definition) is 6. The summed E-state index contributed by atoms with van der Waals surface area (Å²) in [5, 5.41) is 11.3. The molecule has 0 aliphatic carbocycles. The Hall–Kier alpha value is -1.85. The van der Waals surface area contributed by atoms with Gasteiger partial charge in [0.05, 0.1) is 39.2 Å². The second kappa shape index (κ2) is 11.3. The molecule has 10 heteroatoms. The van der Waals surface area contributed by atoms with Crippen molar-refractivity contribution in [2.75, 3.05) is 21.3 Å². The molecular weight excluding hydrogens is 728 g/mol. The fourth-order valence-electron chi connectivity index (χ4n) is 3.92. The summed E-state index contributed by atoms with van der Waals surface area (Å²) in [5.74, 6) is 1.72. The lowest BCUT2D eigenvalue weighted by Crippen LogP contribution is -2.36. The van der Waals surface area contributed by atoms with E-state index in [0.29, 0.717) is 51.8 Å². The van der Waals surface area contributed by atoms with Crippen LogP contribution in [0.25, 0.3) is 5.57 Å². The van der Waals surface area contributed by atoms with E-state index in [1.807, 2.05) is 12.1 Å². The summed E-state index contributed by atoms with van der Waals surface area (Å²) in [6.07, 6.45) is -1.82. The van der Waals surface area contributed by atoms with E-state index in [1.165, 1.54) is 0 Å². The van der Waals surface area contributed by atoms with Crippen LogP contribution in [0.3, 0.4) is 0 Å². The maximum absolute atomic E-state index is 13.5. The number of carbonyl (C=O) groups is 1. The van der Waals surface area contributed by atoms with Gasteiger partial charge in [-0.3, -0.25) is 4.79 Å². The lowest BCUT2D eigenvalue weighted by atomic mass is 9.86. The molecule has 0 saturated heterocycles. The molecule has 1 N–H and O–H groups in total. The Morgan fingerprint density at radius 2 is 1.33 bits per heavy atom. The largest absolute Gasteiger partial charge is 0.497 e. The van der Waals surface area contributed by atoms with Gasteiger partial charge < -0.3 is 24.1 Å². The van der Waals surface area contributed by atoms with Crippen LogP contribution in [0.15, 0.2) is 72.2 Å². The zero-order chi connectivity index (χ0) is 26.1. The van der Waals surface area contributed by atoms with Crippen molar-refractivity contribution in [2.24, 2.45) is 0 Å². The van der Waals surface area contributed by atoms with Crippen LogP contribution in [-0.2, 0) is 4.74 Å². The number of carbonyl (C=O) groups excluding carboxylic acids is 1. The quantitative estimate of drug-likeness (QED) is 0.241. The molecule has 0 fully saturated rings. The van der Waals surface area contributed by atoms with Crippen LogP contribution in [-0.4, -0.2) is 38.3 Å². The molecule has 3 aromatic carbocycles. The third-order valence-electron chi connectivity index (χ3n) is 5.70. The molecule has 0 bridgehead atoms. The Balaban J connectivity index is 1.78. The lowest BCUT2D eigenvalue weighted by Gasteiger charge is -2.37. The average molecular weight is 748 g/mol. The van der Waals surface area contributed by atoms with Crippen LogP contribution < -0.4 is 14.2 Å². The zero-order valence-electron chi connectivity index (χ0n) is 19.3. The number of hydrogen-bond donors (Lipinski definition) is 1. The van der Waals surface area contributed by atoms with E-state index in [1.54, 1.807) is 57.7 Å². The Morgan fingerprint density at radius 3 is 1.81 bits per heavy atom. The predicted octanol–water partition coefficient (Wildman–Crippen LogP) is 7.49. The predicted molar refractivity (Wildman–Crippen MR) is 151 cm³/mol. The highest BCUT2D eigenvalue weighted by atomic mass is 79.9. The molecule has 6 nitrogen and oxygen atoms in total. The number of allylic oxidation sites excluding steroid dienone is 1. The number of rotatable bonds is 8. The van der Waals surface area contributed by atoms with E-state index in [-0.39, 0.29) is 11.5 Å². The van der Waals surface area contributed by atoms with Crippen molar-refractivity contribution >= 4 is 75.1 Å². The van der Waals surface area contributed by atoms with Gasteiger partial charge in [-0.25, -0.2) is 0 Å². The molecule has 0 aromatic heterocycles. The first-order valence-electron chi connectivity index (χ1n) is 10.5. The third-order valence-corrected chi connectivity index (χ3v) is 8.05. The summed E-state index contributed by atoms with van der Waals surface area (Å²) in [7, 11) is 4.70. The molecule has 3 aromatic rings. The van der Waals surface area contributed by atoms with Crippen molar-refractivity contribution in [1.29, 1.82) is 0 Å². The minimum Gasteiger partial charge on any atom is -0.497 e. The maximum Gasteiger partial charge on any atom is 0.228 e. The SMILES string of the molecule is COc1ccc(C2=C(C(=O)c3cc(Br)c(OC)c(Br)c3)OC2C(O)c2cc(Br)c(OC)c(Br)c2)cc1. The summed E-state index contributed by atoms with van der Waals surface area (Å²) < 4.78 is 24.6. The highest BCUT2D eigenvalue weighted by molar-refractivity contribution is 9.11. The number of benzene rings is 3. The number of aliphatic hydroxyl groups excluding tert-OH is 1. The number of aliphatic hydroxyl groups is 1. The smallest absolute Gasteiger partial charge is 0.228 e. The van der Waals surface area contributed by atoms with Crippen molar-refractivity contribution in [3.05, 3.63) is 88.9 Å². The topological polar surface area (TPSA) is 74.2 Å². The number of Topliss-reactive ketones (excluding diaryl/α,β-unsaturated/α-hetero) is 1. The first kappa shape index (κ1) is 27.2. The minimum atomic E-state index is -1.05. The number of halogens is 4. The standard InChI is InChI=1S/C26H20Br4O6/c1-33-15-6-4-12(5-7-15)20-25(21(31)13-8-16(27)23(34-2)17(28)9-13)36-26(20)22(32)14-10-18(29)24(35-3)19(30)11-14/h4-11,21,25,31H,1-3H3. The summed E-state index contributed by atoms with van der Waals surface area (Å²) >= 11 is 13.8. The van der Waals surface area contributed by atoms with Gasteiger partial charge in [0.15, 0.2) is 11.9 Å². The van der Waals surface area contributed by atoms with Crippen molar-refractivity contribution in [3.63, 3.8) is 0 Å². The van der Waals surface area contributed by atoms with Crippen molar-refractivity contribution in [1.82, 2.24) is 0 Å². The highest BCUT2D eigenvalue weighted by Gasteiger charge is 2.42. The van der Waals surface area contributed by atoms with Crippen molar-refractivity contribution in [3.8, 4) is 17.2 Å². The summed E-state index contributed by atoms with van der Waals surface area (Å²) in [6.45, 7) is 0. The van der Waals surface area contributed by atoms with Gasteiger partial charge in [0.2, 0.25) is 5.78 Å². The number of methoxy groups -OCH3 is 3. The average Bonchev–Trinajstić information content (AvgIpc) is 2.83. The van der Waals surface area contributed by atoms with Crippen LogP contribution in [0.5, 0.6) is 17.2 Å². The second-order valence-electron chi connectivity index (χ2n) is 7.77. The van der Waals surface area contributed by atoms with Gasteiger partial charge in [-0.05, 0) is 111 Å². The molecule has 0 spiro atoms. The van der Waals surface area contributed by atoms with Crippen LogP contribution in [0.1, 0.15) is 27.6 Å². The van der Waals surface area contributed by atoms with Gasteiger partial charge >= 0.3 is 0 Å². The van der Waals surface area contributed by atoms with Crippen LogP contribution >= 0.6 is 63.7 Å². The van der Waals surface area contributed by atoms with Crippen LogP contribution in [0, 0.1) is 0 Å². The summed E-state index contributed by atoms with van der Waals surface area (Å²) in [5.41, 5.74) is 2.33. The molecule has 2 unspecified atom stereocenters. The molecule has 1 heterocycles. The molecule has 36 heavy (non-hydrogen) atoms. The minimum absolute atomic E-state index is 0.167. The van der Waals surface area contributed by atoms with Gasteiger partial charge in [-0.1, -0.05) is 12.1 Å². The molecule has 1 aliphatic heterocycles. The van der Waals surface area contributed by atoms with Gasteiger partial charge in [-0.15, -0.1) is 0 Å². The molecule has 0 saturated carbocycles. The van der Waals surface area contributed by atoms with E-state index >= 15 is 0 Å². The molecule has 0 radical (unpaired) electrons. The van der Waals surface area contributed by atoms with Gasteiger partial charge in [-0.2, -0.15) is 0 Å².